The number of carbonyl (C=O) groups excluding carboxylic acids is 2. The number of halogens is 2. The van der Waals surface area contributed by atoms with Crippen molar-refractivity contribution in [3.8, 4) is 5.75 Å². The SMILES string of the molecule is COc1ccc(CNC(=O)Cn2c([C@@H](CC(C)C)NC(=O)c3ccc(Cl)cc3Cl)nc3ccccc32)cc1. The second-order valence-corrected chi connectivity index (χ2v) is 10.3. The minimum Gasteiger partial charge on any atom is -0.497 e. The van der Waals surface area contributed by atoms with E-state index in [1.165, 1.54) is 6.07 Å². The molecule has 0 saturated heterocycles. The van der Waals surface area contributed by atoms with Crippen LogP contribution in [0.25, 0.3) is 11.0 Å². The second-order valence-electron chi connectivity index (χ2n) is 9.45. The van der Waals surface area contributed by atoms with Crippen molar-refractivity contribution in [3.63, 3.8) is 0 Å². The van der Waals surface area contributed by atoms with Gasteiger partial charge in [0.25, 0.3) is 5.91 Å². The predicted octanol–water partition coefficient (Wildman–Crippen LogP) is 6.19. The number of nitrogens with zero attached hydrogens (tertiary/aromatic N) is 2. The Morgan fingerprint density at radius 3 is 2.45 bits per heavy atom. The number of fused-ring (bicyclic) bond motifs is 1. The molecule has 1 atom stereocenters. The third-order valence-electron chi connectivity index (χ3n) is 6.13. The van der Waals surface area contributed by atoms with E-state index in [2.05, 4.69) is 24.5 Å². The first-order valence-corrected chi connectivity index (χ1v) is 13.1. The van der Waals surface area contributed by atoms with E-state index in [0.29, 0.717) is 29.4 Å². The third kappa shape index (κ3) is 6.65. The lowest BCUT2D eigenvalue weighted by Gasteiger charge is -2.22. The van der Waals surface area contributed by atoms with Gasteiger partial charge in [-0.15, -0.1) is 0 Å². The number of imidazole rings is 1. The van der Waals surface area contributed by atoms with Gasteiger partial charge in [0.1, 0.15) is 18.1 Å². The van der Waals surface area contributed by atoms with Gasteiger partial charge in [0.2, 0.25) is 5.91 Å². The van der Waals surface area contributed by atoms with Crippen LogP contribution in [0.15, 0.2) is 66.7 Å². The summed E-state index contributed by atoms with van der Waals surface area (Å²) in [7, 11) is 1.61. The van der Waals surface area contributed by atoms with Crippen molar-refractivity contribution in [2.24, 2.45) is 5.92 Å². The molecule has 0 spiro atoms. The Kier molecular flexibility index (Phi) is 8.92. The molecule has 2 N–H and O–H groups in total. The average molecular weight is 553 g/mol. The molecule has 4 aromatic rings. The Labute approximate surface area is 232 Å². The molecule has 3 aromatic carbocycles. The molecule has 38 heavy (non-hydrogen) atoms. The van der Waals surface area contributed by atoms with Gasteiger partial charge in [0.05, 0.1) is 34.8 Å². The summed E-state index contributed by atoms with van der Waals surface area (Å²) in [6.45, 7) is 4.58. The number of aromatic nitrogens is 2. The molecule has 7 nitrogen and oxygen atoms in total. The van der Waals surface area contributed by atoms with Crippen molar-refractivity contribution < 1.29 is 14.3 Å². The number of para-hydroxylation sites is 2. The Bertz CT molecular complexity index is 1430. The minimum atomic E-state index is -0.448. The average Bonchev–Trinajstić information content (AvgIpc) is 3.25. The molecule has 1 heterocycles. The van der Waals surface area contributed by atoms with Crippen LogP contribution in [-0.4, -0.2) is 28.5 Å². The summed E-state index contributed by atoms with van der Waals surface area (Å²) in [5, 5.41) is 6.79. The number of amides is 2. The lowest BCUT2D eigenvalue weighted by Crippen LogP contribution is -2.33. The highest BCUT2D eigenvalue weighted by molar-refractivity contribution is 6.36. The Hall–Kier alpha value is -3.55. The van der Waals surface area contributed by atoms with E-state index in [-0.39, 0.29) is 29.3 Å². The zero-order chi connectivity index (χ0) is 27.2. The summed E-state index contributed by atoms with van der Waals surface area (Å²) in [6, 6.07) is 19.5. The highest BCUT2D eigenvalue weighted by atomic mass is 35.5. The van der Waals surface area contributed by atoms with E-state index in [1.807, 2.05) is 53.1 Å². The molecule has 4 rings (SSSR count). The molecular weight excluding hydrogens is 523 g/mol. The monoisotopic (exact) mass is 552 g/mol. The Morgan fingerprint density at radius 2 is 1.76 bits per heavy atom. The maximum atomic E-state index is 13.2. The molecule has 0 aliphatic heterocycles. The molecule has 198 valence electrons. The number of benzene rings is 3. The number of nitrogens with one attached hydrogen (secondary N) is 2. The molecule has 0 saturated carbocycles. The van der Waals surface area contributed by atoms with Crippen molar-refractivity contribution >= 4 is 46.0 Å². The standard InChI is InChI=1S/C29H30Cl2N4O3/c1-18(2)14-25(34-29(37)22-13-10-20(30)15-23(22)31)28-33-24-6-4-5-7-26(24)35(28)17-27(36)32-16-19-8-11-21(38-3)12-9-19/h4-13,15,18,25H,14,16-17H2,1-3H3,(H,32,36)(H,34,37)/t25-/m1/s1. The molecule has 0 bridgehead atoms. The van der Waals surface area contributed by atoms with Crippen LogP contribution in [0.3, 0.4) is 0 Å². The highest BCUT2D eigenvalue weighted by Gasteiger charge is 2.25. The van der Waals surface area contributed by atoms with Gasteiger partial charge in [-0.2, -0.15) is 0 Å². The topological polar surface area (TPSA) is 85.2 Å². The van der Waals surface area contributed by atoms with Gasteiger partial charge in [-0.25, -0.2) is 4.98 Å². The number of carbonyl (C=O) groups is 2. The maximum Gasteiger partial charge on any atom is 0.253 e. The largest absolute Gasteiger partial charge is 0.497 e. The Morgan fingerprint density at radius 1 is 1.03 bits per heavy atom. The second kappa shape index (κ2) is 12.3. The highest BCUT2D eigenvalue weighted by Crippen LogP contribution is 2.27. The number of ether oxygens (including phenoxy) is 1. The number of methoxy groups -OCH3 is 1. The molecule has 2 amide bonds. The van der Waals surface area contributed by atoms with Gasteiger partial charge in [-0.1, -0.05) is 61.3 Å². The molecule has 0 radical (unpaired) electrons. The van der Waals surface area contributed by atoms with E-state index in [4.69, 9.17) is 32.9 Å². The normalized spacial score (nSPS) is 11.9. The van der Waals surface area contributed by atoms with Crippen molar-refractivity contribution in [3.05, 3.63) is 93.7 Å². The molecule has 0 aliphatic rings. The van der Waals surface area contributed by atoms with Crippen molar-refractivity contribution in [2.45, 2.75) is 39.4 Å². The fraction of sp³-hybridized carbons (Fsp3) is 0.276. The van der Waals surface area contributed by atoms with E-state index in [1.54, 1.807) is 19.2 Å². The number of rotatable bonds is 10. The minimum absolute atomic E-state index is 0.0537. The van der Waals surface area contributed by atoms with Crippen molar-refractivity contribution in [1.82, 2.24) is 20.2 Å². The third-order valence-corrected chi connectivity index (χ3v) is 6.68. The predicted molar refractivity (Wildman–Crippen MR) is 151 cm³/mol. The first-order valence-electron chi connectivity index (χ1n) is 12.4. The van der Waals surface area contributed by atoms with Gasteiger partial charge in [0, 0.05) is 11.6 Å². The van der Waals surface area contributed by atoms with Crippen molar-refractivity contribution in [2.75, 3.05) is 7.11 Å². The van der Waals surface area contributed by atoms with E-state index in [0.717, 1.165) is 22.3 Å². The smallest absolute Gasteiger partial charge is 0.253 e. The molecule has 9 heteroatoms. The van der Waals surface area contributed by atoms with E-state index < -0.39 is 6.04 Å². The summed E-state index contributed by atoms with van der Waals surface area (Å²) in [5.41, 5.74) is 2.84. The van der Waals surface area contributed by atoms with Gasteiger partial charge in [-0.05, 0) is 60.4 Å². The number of hydrogen-bond acceptors (Lipinski definition) is 4. The zero-order valence-electron chi connectivity index (χ0n) is 21.5. The summed E-state index contributed by atoms with van der Waals surface area (Å²) in [4.78, 5) is 31.1. The lowest BCUT2D eigenvalue weighted by molar-refractivity contribution is -0.121. The van der Waals surface area contributed by atoms with Gasteiger partial charge in [-0.3, -0.25) is 9.59 Å². The van der Waals surface area contributed by atoms with Crippen LogP contribution in [0, 0.1) is 5.92 Å². The summed E-state index contributed by atoms with van der Waals surface area (Å²) in [5.74, 6) is 1.12. The molecule has 0 fully saturated rings. The first-order chi connectivity index (χ1) is 18.2. The zero-order valence-corrected chi connectivity index (χ0v) is 23.0. The van der Waals surface area contributed by atoms with Crippen LogP contribution in [0.5, 0.6) is 5.75 Å². The van der Waals surface area contributed by atoms with Crippen LogP contribution in [0.1, 0.15) is 48.1 Å². The summed E-state index contributed by atoms with van der Waals surface area (Å²) >= 11 is 12.3. The summed E-state index contributed by atoms with van der Waals surface area (Å²) in [6.07, 6.45) is 0.619. The van der Waals surface area contributed by atoms with Crippen LogP contribution in [0.4, 0.5) is 0 Å². The van der Waals surface area contributed by atoms with Gasteiger partial charge in [0.15, 0.2) is 0 Å². The van der Waals surface area contributed by atoms with E-state index >= 15 is 0 Å². The maximum absolute atomic E-state index is 13.2. The molecular formula is C29H30Cl2N4O3. The Balaban J connectivity index is 1.60. The fourth-order valence-electron chi connectivity index (χ4n) is 4.28. The molecule has 0 unspecified atom stereocenters. The van der Waals surface area contributed by atoms with Crippen LogP contribution >= 0.6 is 23.2 Å². The number of hydrogen-bond donors (Lipinski definition) is 2. The van der Waals surface area contributed by atoms with Crippen LogP contribution in [-0.2, 0) is 17.9 Å². The van der Waals surface area contributed by atoms with Gasteiger partial charge >= 0.3 is 0 Å². The first kappa shape index (κ1) is 27.5. The quantitative estimate of drug-likeness (QED) is 0.246. The molecule has 0 aliphatic carbocycles. The summed E-state index contributed by atoms with van der Waals surface area (Å²) < 4.78 is 7.07. The fourth-order valence-corrected chi connectivity index (χ4v) is 4.77. The van der Waals surface area contributed by atoms with Crippen LogP contribution in [0.2, 0.25) is 10.0 Å². The van der Waals surface area contributed by atoms with E-state index in [9.17, 15) is 9.59 Å². The molecule has 1 aromatic heterocycles. The van der Waals surface area contributed by atoms with Gasteiger partial charge < -0.3 is 19.9 Å². The van der Waals surface area contributed by atoms with Crippen LogP contribution < -0.4 is 15.4 Å². The lowest BCUT2D eigenvalue weighted by atomic mass is 10.0. The van der Waals surface area contributed by atoms with Crippen molar-refractivity contribution in [1.29, 1.82) is 0 Å².